The quantitative estimate of drug-likeness (QED) is 0.249. The molecule has 3 aromatic rings. The Morgan fingerprint density at radius 1 is 1.13 bits per heavy atom. The molecule has 31 heavy (non-hydrogen) atoms. The van der Waals surface area contributed by atoms with Gasteiger partial charge in [-0.25, -0.2) is 5.43 Å². The Balaban J connectivity index is 1.88. The number of amides is 1. The van der Waals surface area contributed by atoms with E-state index >= 15 is 0 Å². The number of fused-ring (bicyclic) bond motifs is 1. The lowest BCUT2D eigenvalue weighted by atomic mass is 10.1. The Morgan fingerprint density at radius 3 is 2.68 bits per heavy atom. The van der Waals surface area contributed by atoms with E-state index in [-0.39, 0.29) is 11.3 Å². The fourth-order valence-corrected chi connectivity index (χ4v) is 3.91. The molecule has 2 N–H and O–H groups in total. The van der Waals surface area contributed by atoms with Gasteiger partial charge in [-0.3, -0.25) is 9.59 Å². The van der Waals surface area contributed by atoms with Crippen LogP contribution in [0.2, 0.25) is 0 Å². The molecule has 2 aromatic carbocycles. The van der Waals surface area contributed by atoms with E-state index in [9.17, 15) is 14.7 Å². The lowest BCUT2D eigenvalue weighted by Crippen LogP contribution is -2.31. The number of nitrogens with zero attached hydrogens (tertiary/aromatic N) is 2. The van der Waals surface area contributed by atoms with Crippen molar-refractivity contribution < 1.29 is 9.90 Å². The predicted octanol–water partition coefficient (Wildman–Crippen LogP) is 5.20. The molecule has 0 aliphatic carbocycles. The van der Waals surface area contributed by atoms with Crippen molar-refractivity contribution in [3.63, 3.8) is 0 Å². The number of nitrogens with one attached hydrogen (secondary N) is 1. The molecule has 0 fully saturated rings. The van der Waals surface area contributed by atoms with Crippen LogP contribution in [0, 0.1) is 0 Å². The van der Waals surface area contributed by atoms with Crippen LogP contribution < -0.4 is 11.0 Å². The minimum Gasteiger partial charge on any atom is -0.506 e. The van der Waals surface area contributed by atoms with Gasteiger partial charge in [0, 0.05) is 16.4 Å². The van der Waals surface area contributed by atoms with Gasteiger partial charge in [0.05, 0.1) is 11.7 Å². The summed E-state index contributed by atoms with van der Waals surface area (Å²) in [5.41, 5.74) is 2.96. The highest BCUT2D eigenvalue weighted by Gasteiger charge is 2.21. The molecule has 0 saturated carbocycles. The minimum absolute atomic E-state index is 0.293. The summed E-state index contributed by atoms with van der Waals surface area (Å²) in [6, 6.07) is 14.5. The topological polar surface area (TPSA) is 83.7 Å². The van der Waals surface area contributed by atoms with Crippen molar-refractivity contribution in [2.45, 2.75) is 45.6 Å². The first-order valence-corrected chi connectivity index (χ1v) is 11.3. The van der Waals surface area contributed by atoms with Crippen LogP contribution in [0.15, 0.2) is 62.9 Å². The molecular weight excluding hydrogens is 458 g/mol. The highest BCUT2D eigenvalue weighted by molar-refractivity contribution is 9.10. The first-order chi connectivity index (χ1) is 15.0. The Bertz CT molecular complexity index is 1150. The largest absolute Gasteiger partial charge is 0.506 e. The first kappa shape index (κ1) is 22.7. The summed E-state index contributed by atoms with van der Waals surface area (Å²) in [7, 11) is 0. The van der Waals surface area contributed by atoms with Crippen molar-refractivity contribution in [2.24, 2.45) is 5.10 Å². The van der Waals surface area contributed by atoms with E-state index in [1.54, 1.807) is 22.8 Å². The molecular formula is C24H26BrN3O3. The molecule has 0 aliphatic heterocycles. The number of para-hydroxylation sites is 1. The maximum Gasteiger partial charge on any atom is 0.280 e. The third kappa shape index (κ3) is 5.61. The standard InChI is InChI=1S/C24H26BrN3O3/c1-2-3-4-5-8-14-28-20-13-7-6-12-19(20)22(29)21(24(28)31)23(30)27-26-16-17-10-9-11-18(25)15-17/h6-7,9-13,15-16,29H,2-5,8,14H2,1H3,(H,27,30)/b26-16-. The van der Waals surface area contributed by atoms with E-state index in [1.807, 2.05) is 30.3 Å². The number of aromatic hydroxyl groups is 1. The predicted molar refractivity (Wildman–Crippen MR) is 128 cm³/mol. The van der Waals surface area contributed by atoms with E-state index in [1.165, 1.54) is 6.21 Å². The lowest BCUT2D eigenvalue weighted by Gasteiger charge is -2.14. The van der Waals surface area contributed by atoms with Crippen molar-refractivity contribution >= 4 is 39.0 Å². The van der Waals surface area contributed by atoms with Crippen LogP contribution in [-0.4, -0.2) is 21.8 Å². The molecule has 1 aromatic heterocycles. The molecule has 0 aliphatic rings. The van der Waals surface area contributed by atoms with Crippen molar-refractivity contribution in [1.29, 1.82) is 0 Å². The van der Waals surface area contributed by atoms with Crippen LogP contribution in [0.1, 0.15) is 54.9 Å². The third-order valence-electron chi connectivity index (χ3n) is 5.09. The number of carbonyl (C=O) groups excluding carboxylic acids is 1. The highest BCUT2D eigenvalue weighted by atomic mass is 79.9. The zero-order valence-corrected chi connectivity index (χ0v) is 19.1. The second kappa shape index (κ2) is 10.9. The van der Waals surface area contributed by atoms with Gasteiger partial charge in [-0.05, 0) is 36.2 Å². The number of halogens is 1. The molecule has 162 valence electrons. The molecule has 6 nitrogen and oxygen atoms in total. The van der Waals surface area contributed by atoms with Gasteiger partial charge < -0.3 is 9.67 Å². The molecule has 0 saturated heterocycles. The van der Waals surface area contributed by atoms with Gasteiger partial charge in [-0.15, -0.1) is 0 Å². The van der Waals surface area contributed by atoms with Gasteiger partial charge in [-0.2, -0.15) is 5.10 Å². The van der Waals surface area contributed by atoms with Gasteiger partial charge in [0.2, 0.25) is 0 Å². The van der Waals surface area contributed by atoms with Gasteiger partial charge in [0.15, 0.2) is 0 Å². The van der Waals surface area contributed by atoms with Crippen molar-refractivity contribution in [2.75, 3.05) is 0 Å². The number of aryl methyl sites for hydroxylation is 1. The van der Waals surface area contributed by atoms with E-state index in [2.05, 4.69) is 33.4 Å². The molecule has 0 spiro atoms. The molecule has 1 heterocycles. The Hall–Kier alpha value is -2.93. The van der Waals surface area contributed by atoms with E-state index in [0.29, 0.717) is 17.4 Å². The summed E-state index contributed by atoms with van der Waals surface area (Å²) < 4.78 is 2.46. The van der Waals surface area contributed by atoms with Crippen molar-refractivity contribution in [3.05, 3.63) is 74.5 Å². The summed E-state index contributed by atoms with van der Waals surface area (Å²) >= 11 is 3.38. The van der Waals surface area contributed by atoms with Crippen molar-refractivity contribution in [3.8, 4) is 5.75 Å². The summed E-state index contributed by atoms with van der Waals surface area (Å²) in [4.78, 5) is 25.9. The first-order valence-electron chi connectivity index (χ1n) is 10.5. The number of hydrogen-bond acceptors (Lipinski definition) is 4. The minimum atomic E-state index is -0.737. The second-order valence-corrected chi connectivity index (χ2v) is 8.28. The Morgan fingerprint density at radius 2 is 1.90 bits per heavy atom. The number of hydrogen-bond donors (Lipinski definition) is 2. The number of benzene rings is 2. The van der Waals surface area contributed by atoms with Crippen LogP contribution in [-0.2, 0) is 6.54 Å². The lowest BCUT2D eigenvalue weighted by molar-refractivity contribution is 0.0950. The Labute approximate surface area is 189 Å². The van der Waals surface area contributed by atoms with E-state index in [0.717, 1.165) is 42.1 Å². The van der Waals surface area contributed by atoms with Gasteiger partial charge in [0.25, 0.3) is 11.5 Å². The van der Waals surface area contributed by atoms with Gasteiger partial charge in [0.1, 0.15) is 11.3 Å². The highest BCUT2D eigenvalue weighted by Crippen LogP contribution is 2.26. The average molecular weight is 484 g/mol. The molecule has 7 heteroatoms. The number of aromatic nitrogens is 1. The third-order valence-corrected chi connectivity index (χ3v) is 5.58. The van der Waals surface area contributed by atoms with Crippen LogP contribution in [0.3, 0.4) is 0 Å². The fourth-order valence-electron chi connectivity index (χ4n) is 3.50. The van der Waals surface area contributed by atoms with Crippen LogP contribution in [0.25, 0.3) is 10.9 Å². The Kier molecular flexibility index (Phi) is 8.00. The number of carbonyl (C=O) groups is 1. The zero-order valence-electron chi connectivity index (χ0n) is 17.5. The smallest absolute Gasteiger partial charge is 0.280 e. The summed E-state index contributed by atoms with van der Waals surface area (Å²) in [5, 5.41) is 15.1. The molecule has 0 radical (unpaired) electrons. The summed E-state index contributed by atoms with van der Waals surface area (Å²) in [5.74, 6) is -1.06. The van der Waals surface area contributed by atoms with Crippen LogP contribution in [0.4, 0.5) is 0 Å². The number of rotatable bonds is 9. The SMILES string of the molecule is CCCCCCCn1c(=O)c(C(=O)N/N=C\c2cccc(Br)c2)c(O)c2ccccc21. The van der Waals surface area contributed by atoms with Crippen molar-refractivity contribution in [1.82, 2.24) is 9.99 Å². The number of hydrazone groups is 1. The molecule has 3 rings (SSSR count). The average Bonchev–Trinajstić information content (AvgIpc) is 2.76. The van der Waals surface area contributed by atoms with Gasteiger partial charge >= 0.3 is 0 Å². The second-order valence-electron chi connectivity index (χ2n) is 7.37. The summed E-state index contributed by atoms with van der Waals surface area (Å²) in [6.45, 7) is 2.65. The monoisotopic (exact) mass is 483 g/mol. The normalized spacial score (nSPS) is 11.3. The number of pyridine rings is 1. The van der Waals surface area contributed by atoms with Crippen LogP contribution >= 0.6 is 15.9 Å². The zero-order chi connectivity index (χ0) is 22.2. The van der Waals surface area contributed by atoms with E-state index in [4.69, 9.17) is 0 Å². The van der Waals surface area contributed by atoms with Gasteiger partial charge in [-0.1, -0.05) is 72.8 Å². The molecule has 0 unspecified atom stereocenters. The number of unbranched alkanes of at least 4 members (excludes halogenated alkanes) is 4. The fraction of sp³-hybridized carbons (Fsp3) is 0.292. The maximum absolute atomic E-state index is 13.1. The van der Waals surface area contributed by atoms with E-state index < -0.39 is 11.5 Å². The van der Waals surface area contributed by atoms with Crippen LogP contribution in [0.5, 0.6) is 5.75 Å². The maximum atomic E-state index is 13.1. The molecule has 0 atom stereocenters. The summed E-state index contributed by atoms with van der Waals surface area (Å²) in [6.07, 6.45) is 6.73. The molecule has 0 bridgehead atoms. The molecule has 1 amide bonds.